The Labute approximate surface area is 222 Å². The number of aliphatic hydroxyl groups excluding tert-OH is 1. The zero-order valence-corrected chi connectivity index (χ0v) is 22.4. The zero-order valence-electron chi connectivity index (χ0n) is 22.4. The molecule has 1 aromatic carbocycles. The van der Waals surface area contributed by atoms with Crippen molar-refractivity contribution in [2.75, 3.05) is 45.9 Å². The summed E-state index contributed by atoms with van der Waals surface area (Å²) in [5.41, 5.74) is 4.86. The van der Waals surface area contributed by atoms with Gasteiger partial charge in [0.15, 0.2) is 5.79 Å². The van der Waals surface area contributed by atoms with Gasteiger partial charge in [0.05, 0.1) is 19.3 Å². The van der Waals surface area contributed by atoms with Gasteiger partial charge in [-0.1, -0.05) is 49.4 Å². The highest BCUT2D eigenvalue weighted by Crippen LogP contribution is 2.40. The number of β-amino-alcohol motifs (C(OH)–C–C–N with tert-alkyl or cyclic N) is 1. The second-order valence-corrected chi connectivity index (χ2v) is 10.2. The van der Waals surface area contributed by atoms with Crippen LogP contribution in [-0.2, 0) is 15.9 Å². The first-order valence-electron chi connectivity index (χ1n) is 13.8. The molecule has 1 fully saturated rings. The number of aryl methyl sites for hydroxylation is 1. The number of aromatic nitrogens is 1. The van der Waals surface area contributed by atoms with E-state index in [-0.39, 0.29) is 12.0 Å². The van der Waals surface area contributed by atoms with Gasteiger partial charge in [-0.2, -0.15) is 0 Å². The molecule has 1 saturated heterocycles. The topological polar surface area (TPSA) is 66.8 Å². The molecule has 200 valence electrons. The van der Waals surface area contributed by atoms with Crippen molar-refractivity contribution in [3.8, 4) is 0 Å². The van der Waals surface area contributed by atoms with Crippen molar-refractivity contribution in [1.82, 2.24) is 15.2 Å². The van der Waals surface area contributed by atoms with Crippen molar-refractivity contribution in [3.05, 3.63) is 83.7 Å². The quantitative estimate of drug-likeness (QED) is 0.293. The van der Waals surface area contributed by atoms with Crippen LogP contribution in [0.4, 0.5) is 0 Å². The molecular formula is C31H43N3O3. The van der Waals surface area contributed by atoms with E-state index in [1.54, 1.807) is 0 Å². The molecule has 0 spiro atoms. The summed E-state index contributed by atoms with van der Waals surface area (Å²) in [6.07, 6.45) is 11.6. The lowest BCUT2D eigenvalue weighted by Gasteiger charge is -2.40. The second-order valence-electron chi connectivity index (χ2n) is 10.2. The monoisotopic (exact) mass is 505 g/mol. The Morgan fingerprint density at radius 1 is 1.08 bits per heavy atom. The zero-order chi connectivity index (χ0) is 25.9. The number of aliphatic hydroxyl groups is 1. The van der Waals surface area contributed by atoms with E-state index < -0.39 is 5.79 Å². The first-order valence-corrected chi connectivity index (χ1v) is 13.8. The molecule has 2 aromatic rings. The van der Waals surface area contributed by atoms with Crippen LogP contribution in [-0.4, -0.2) is 72.8 Å². The summed E-state index contributed by atoms with van der Waals surface area (Å²) in [5, 5.41) is 13.3. The van der Waals surface area contributed by atoms with Gasteiger partial charge >= 0.3 is 0 Å². The van der Waals surface area contributed by atoms with E-state index in [4.69, 9.17) is 9.47 Å². The van der Waals surface area contributed by atoms with Gasteiger partial charge in [0.25, 0.3) is 0 Å². The third-order valence-corrected chi connectivity index (χ3v) is 7.43. The number of pyridine rings is 1. The number of allylic oxidation sites excluding steroid dienone is 2. The fourth-order valence-electron chi connectivity index (χ4n) is 5.25. The van der Waals surface area contributed by atoms with E-state index in [0.717, 1.165) is 64.1 Å². The predicted octanol–water partition coefficient (Wildman–Crippen LogP) is 4.39. The third kappa shape index (κ3) is 7.82. The summed E-state index contributed by atoms with van der Waals surface area (Å²) in [6, 6.07) is 14.6. The molecule has 1 aliphatic heterocycles. The Morgan fingerprint density at radius 2 is 1.89 bits per heavy atom. The average molecular weight is 506 g/mol. The molecule has 37 heavy (non-hydrogen) atoms. The Morgan fingerprint density at radius 3 is 2.65 bits per heavy atom. The maximum absolute atomic E-state index is 9.81. The highest BCUT2D eigenvalue weighted by Gasteiger charge is 2.40. The van der Waals surface area contributed by atoms with E-state index in [0.29, 0.717) is 13.2 Å². The van der Waals surface area contributed by atoms with Crippen molar-refractivity contribution in [2.24, 2.45) is 5.92 Å². The SMILES string of the molecule is Cc1ccccc1C1=CC=CC(OCCCNCCc2ccccn2)(OCCCN2CC[C@@H](O)C2)C1C. The van der Waals surface area contributed by atoms with E-state index in [1.165, 1.54) is 16.7 Å². The summed E-state index contributed by atoms with van der Waals surface area (Å²) in [6.45, 7) is 10.1. The van der Waals surface area contributed by atoms with Gasteiger partial charge in [-0.25, -0.2) is 0 Å². The minimum Gasteiger partial charge on any atom is -0.392 e. The van der Waals surface area contributed by atoms with Gasteiger partial charge in [0, 0.05) is 50.4 Å². The molecule has 2 N–H and O–H groups in total. The third-order valence-electron chi connectivity index (χ3n) is 7.43. The molecule has 6 heteroatoms. The standard InChI is InChI=1S/C31H43N3O3/c1-25-10-3-4-12-29(25)30-13-7-16-31(26(30)2,37-23-9-20-34-21-15-28(35)24-34)36-22-8-17-32-19-14-27-11-5-6-18-33-27/h3-7,10-13,16,18,26,28,32,35H,8-9,14-15,17,19-24H2,1-2H3/t26?,28-,31?/m1/s1. The molecular weight excluding hydrogens is 462 g/mol. The maximum Gasteiger partial charge on any atom is 0.194 e. The molecule has 0 saturated carbocycles. The van der Waals surface area contributed by atoms with Gasteiger partial charge in [-0.3, -0.25) is 4.98 Å². The van der Waals surface area contributed by atoms with E-state index >= 15 is 0 Å². The molecule has 1 aliphatic carbocycles. The normalized spacial score (nSPS) is 23.9. The first kappa shape index (κ1) is 27.7. The summed E-state index contributed by atoms with van der Waals surface area (Å²) in [5.74, 6) is -0.727. The Bertz CT molecular complexity index is 1030. The van der Waals surface area contributed by atoms with Gasteiger partial charge in [0.2, 0.25) is 0 Å². The first-order chi connectivity index (χ1) is 18.1. The predicted molar refractivity (Wildman–Crippen MR) is 149 cm³/mol. The van der Waals surface area contributed by atoms with Crippen LogP contribution in [0.25, 0.3) is 5.57 Å². The number of nitrogens with zero attached hydrogens (tertiary/aromatic N) is 2. The van der Waals surface area contributed by atoms with Crippen molar-refractivity contribution in [1.29, 1.82) is 0 Å². The molecule has 2 heterocycles. The number of nitrogens with one attached hydrogen (secondary N) is 1. The Kier molecular flexibility index (Phi) is 10.5. The van der Waals surface area contributed by atoms with Crippen LogP contribution in [0, 0.1) is 12.8 Å². The van der Waals surface area contributed by atoms with Crippen LogP contribution in [0.2, 0.25) is 0 Å². The second kappa shape index (κ2) is 14.0. The van der Waals surface area contributed by atoms with Crippen molar-refractivity contribution in [2.45, 2.75) is 51.4 Å². The Balaban J connectivity index is 1.31. The van der Waals surface area contributed by atoms with Crippen molar-refractivity contribution >= 4 is 5.57 Å². The number of hydrogen-bond acceptors (Lipinski definition) is 6. The fraction of sp³-hybridized carbons (Fsp3) is 0.516. The molecule has 6 nitrogen and oxygen atoms in total. The molecule has 2 aliphatic rings. The van der Waals surface area contributed by atoms with E-state index in [1.807, 2.05) is 18.3 Å². The van der Waals surface area contributed by atoms with Crippen LogP contribution in [0.5, 0.6) is 0 Å². The lowest BCUT2D eigenvalue weighted by Crippen LogP contribution is -2.43. The smallest absolute Gasteiger partial charge is 0.194 e. The number of hydrogen-bond donors (Lipinski definition) is 2. The molecule has 4 rings (SSSR count). The highest BCUT2D eigenvalue weighted by atomic mass is 16.7. The van der Waals surface area contributed by atoms with Gasteiger partial charge in [0.1, 0.15) is 0 Å². The minimum atomic E-state index is -0.787. The number of ether oxygens (including phenoxy) is 2. The maximum atomic E-state index is 9.81. The molecule has 2 unspecified atom stereocenters. The van der Waals surface area contributed by atoms with Crippen LogP contribution in [0.1, 0.15) is 43.0 Å². The van der Waals surface area contributed by atoms with E-state index in [2.05, 4.69) is 77.6 Å². The lowest BCUT2D eigenvalue weighted by atomic mass is 9.82. The lowest BCUT2D eigenvalue weighted by molar-refractivity contribution is -0.223. The van der Waals surface area contributed by atoms with E-state index in [9.17, 15) is 5.11 Å². The van der Waals surface area contributed by atoms with Gasteiger partial charge in [-0.05, 0) is 67.6 Å². The molecule has 0 bridgehead atoms. The van der Waals surface area contributed by atoms with Crippen molar-refractivity contribution in [3.63, 3.8) is 0 Å². The Hall–Kier alpha value is -2.35. The van der Waals surface area contributed by atoms with Crippen molar-refractivity contribution < 1.29 is 14.6 Å². The molecule has 0 amide bonds. The van der Waals surface area contributed by atoms with Gasteiger partial charge < -0.3 is 24.8 Å². The van der Waals surface area contributed by atoms with Crippen LogP contribution in [0.15, 0.2) is 66.9 Å². The largest absolute Gasteiger partial charge is 0.392 e. The summed E-state index contributed by atoms with van der Waals surface area (Å²) in [4.78, 5) is 6.70. The highest BCUT2D eigenvalue weighted by molar-refractivity contribution is 5.73. The van der Waals surface area contributed by atoms with Crippen LogP contribution < -0.4 is 5.32 Å². The molecule has 3 atom stereocenters. The summed E-state index contributed by atoms with van der Waals surface area (Å²) >= 11 is 0. The number of likely N-dealkylation sites (tertiary alicyclic amines) is 1. The van der Waals surface area contributed by atoms with Gasteiger partial charge in [-0.15, -0.1) is 0 Å². The van der Waals surface area contributed by atoms with Crippen LogP contribution >= 0.6 is 0 Å². The minimum absolute atomic E-state index is 0.0596. The number of benzene rings is 1. The number of rotatable bonds is 14. The molecule has 1 aromatic heterocycles. The fourth-order valence-corrected chi connectivity index (χ4v) is 5.25. The molecule has 0 radical (unpaired) electrons. The summed E-state index contributed by atoms with van der Waals surface area (Å²) in [7, 11) is 0. The van der Waals surface area contributed by atoms with Crippen LogP contribution in [0.3, 0.4) is 0 Å². The summed E-state index contributed by atoms with van der Waals surface area (Å²) < 4.78 is 13.2. The average Bonchev–Trinajstić information content (AvgIpc) is 3.33.